The molecule has 0 aromatic carbocycles. The average molecular weight is 502 g/mol. The molecule has 130 valence electrons. The molecule has 0 fully saturated rings. The van der Waals surface area contributed by atoms with E-state index in [-0.39, 0.29) is 6.04 Å². The molecule has 3 N–H and O–H groups in total. The molecule has 3 nitrogen and oxygen atoms in total. The molecule has 1 aliphatic carbocycles. The van der Waals surface area contributed by atoms with Crippen molar-refractivity contribution in [2.75, 3.05) is 5.32 Å². The Morgan fingerprint density at radius 3 is 2.96 bits per heavy atom. The maximum atomic E-state index is 6.38. The van der Waals surface area contributed by atoms with Crippen LogP contribution in [-0.4, -0.2) is 11.0 Å². The van der Waals surface area contributed by atoms with Crippen molar-refractivity contribution in [3.63, 3.8) is 0 Å². The summed E-state index contributed by atoms with van der Waals surface area (Å²) in [6.45, 7) is 0.794. The van der Waals surface area contributed by atoms with Crippen LogP contribution in [0.4, 0.5) is 5.69 Å². The van der Waals surface area contributed by atoms with Crippen LogP contribution in [0.2, 0.25) is 5.15 Å². The molecule has 0 saturated carbocycles. The summed E-state index contributed by atoms with van der Waals surface area (Å²) in [6, 6.07) is 6.30. The second kappa shape index (κ2) is 7.52. The molecule has 0 aliphatic heterocycles. The average Bonchev–Trinajstić information content (AvgIpc) is 3.22. The van der Waals surface area contributed by atoms with Gasteiger partial charge in [0.15, 0.2) is 0 Å². The van der Waals surface area contributed by atoms with Crippen LogP contribution in [0, 0.1) is 3.57 Å². The number of rotatable bonds is 4. The highest BCUT2D eigenvalue weighted by atomic mass is 127. The zero-order valence-electron chi connectivity index (χ0n) is 13.3. The minimum atomic E-state index is 0.171. The Bertz CT molecular complexity index is 920. The van der Waals surface area contributed by atoms with Crippen molar-refractivity contribution < 1.29 is 0 Å². The number of fused-ring (bicyclic) bond motifs is 1. The van der Waals surface area contributed by atoms with Gasteiger partial charge in [-0.15, -0.1) is 22.7 Å². The van der Waals surface area contributed by atoms with E-state index < -0.39 is 0 Å². The zero-order chi connectivity index (χ0) is 17.4. The predicted molar refractivity (Wildman–Crippen MR) is 118 cm³/mol. The Kier molecular flexibility index (Phi) is 5.33. The molecule has 25 heavy (non-hydrogen) atoms. The number of hydrogen-bond acceptors (Lipinski definition) is 5. The molecule has 7 heteroatoms. The second-order valence-electron chi connectivity index (χ2n) is 6.10. The highest BCUT2D eigenvalue weighted by Crippen LogP contribution is 2.43. The van der Waals surface area contributed by atoms with Gasteiger partial charge in [0, 0.05) is 34.3 Å². The van der Waals surface area contributed by atoms with E-state index in [0.29, 0.717) is 11.1 Å². The first-order valence-corrected chi connectivity index (χ1v) is 11.2. The van der Waals surface area contributed by atoms with Crippen LogP contribution in [0.15, 0.2) is 35.7 Å². The van der Waals surface area contributed by atoms with E-state index in [4.69, 9.17) is 17.3 Å². The SMILES string of the molecule is N[C@@H]1CC=CC[C@H]1c1sc2c(NCc3cccs3)cc(Cl)nc2c1I. The fourth-order valence-corrected chi connectivity index (χ4v) is 6.58. The predicted octanol–water partition coefficient (Wildman–Crippen LogP) is 5.99. The Labute approximate surface area is 173 Å². The number of anilines is 1. The molecule has 0 unspecified atom stereocenters. The quantitative estimate of drug-likeness (QED) is 0.262. The summed E-state index contributed by atoms with van der Waals surface area (Å²) in [5.41, 5.74) is 8.43. The van der Waals surface area contributed by atoms with E-state index in [9.17, 15) is 0 Å². The molecule has 4 rings (SSSR count). The van der Waals surface area contributed by atoms with E-state index >= 15 is 0 Å². The van der Waals surface area contributed by atoms with E-state index in [1.807, 2.05) is 6.07 Å². The van der Waals surface area contributed by atoms with Gasteiger partial charge < -0.3 is 11.1 Å². The number of aromatic nitrogens is 1. The molecule has 3 aromatic rings. The van der Waals surface area contributed by atoms with Crippen molar-refractivity contribution in [1.82, 2.24) is 4.98 Å². The minimum absolute atomic E-state index is 0.171. The van der Waals surface area contributed by atoms with Crippen LogP contribution < -0.4 is 11.1 Å². The number of thiophene rings is 2. The monoisotopic (exact) mass is 501 g/mol. The molecule has 0 bridgehead atoms. The molecule has 1 aliphatic rings. The van der Waals surface area contributed by atoms with E-state index in [2.05, 4.69) is 62.6 Å². The first kappa shape index (κ1) is 17.7. The van der Waals surface area contributed by atoms with Crippen LogP contribution in [0.3, 0.4) is 0 Å². The number of pyridine rings is 1. The third-order valence-electron chi connectivity index (χ3n) is 4.43. The number of halogens is 2. The third-order valence-corrected chi connectivity index (χ3v) is 8.30. The lowest BCUT2D eigenvalue weighted by atomic mass is 9.88. The maximum absolute atomic E-state index is 6.38. The number of nitrogens with zero attached hydrogens (tertiary/aromatic N) is 1. The van der Waals surface area contributed by atoms with Gasteiger partial charge >= 0.3 is 0 Å². The van der Waals surface area contributed by atoms with Crippen molar-refractivity contribution in [2.24, 2.45) is 5.73 Å². The van der Waals surface area contributed by atoms with Gasteiger partial charge in [-0.2, -0.15) is 0 Å². The number of nitrogens with two attached hydrogens (primary N) is 1. The van der Waals surface area contributed by atoms with Crippen molar-refractivity contribution in [3.05, 3.63) is 54.2 Å². The lowest BCUT2D eigenvalue weighted by Gasteiger charge is -2.24. The van der Waals surface area contributed by atoms with Crippen LogP contribution in [-0.2, 0) is 6.54 Å². The fraction of sp³-hybridized carbons (Fsp3) is 0.278. The Morgan fingerprint density at radius 2 is 2.20 bits per heavy atom. The van der Waals surface area contributed by atoms with Crippen molar-refractivity contribution >= 4 is 72.8 Å². The standard InChI is InChI=1S/C18H17ClIN3S2/c19-14-8-13(22-9-10-4-3-7-24-10)18-16(23-14)15(20)17(25-18)11-5-1-2-6-12(11)21/h1-4,7-8,11-12H,5-6,9,21H2,(H,22,23)/t11-,12-/m1/s1. The molecule has 3 heterocycles. The van der Waals surface area contributed by atoms with Gasteiger partial charge in [-0.05, 0) is 46.9 Å². The molecule has 3 aromatic heterocycles. The number of nitrogens with one attached hydrogen (secondary N) is 1. The van der Waals surface area contributed by atoms with Crippen LogP contribution in [0.25, 0.3) is 10.2 Å². The Morgan fingerprint density at radius 1 is 1.36 bits per heavy atom. The first-order chi connectivity index (χ1) is 12.1. The molecule has 2 atom stereocenters. The summed E-state index contributed by atoms with van der Waals surface area (Å²) in [7, 11) is 0. The summed E-state index contributed by atoms with van der Waals surface area (Å²) >= 11 is 12.3. The Hall–Kier alpha value is -0.670. The second-order valence-corrected chi connectivity index (χ2v) is 9.65. The molecule has 0 amide bonds. The van der Waals surface area contributed by atoms with Crippen LogP contribution in [0.1, 0.15) is 28.5 Å². The largest absolute Gasteiger partial charge is 0.379 e. The summed E-state index contributed by atoms with van der Waals surface area (Å²) in [5.74, 6) is 0.361. The summed E-state index contributed by atoms with van der Waals surface area (Å²) < 4.78 is 2.36. The highest BCUT2D eigenvalue weighted by Gasteiger charge is 2.27. The van der Waals surface area contributed by atoms with Crippen molar-refractivity contribution in [3.8, 4) is 0 Å². The van der Waals surface area contributed by atoms with Gasteiger partial charge in [0.2, 0.25) is 0 Å². The lowest BCUT2D eigenvalue weighted by molar-refractivity contribution is 0.527. The molecule has 0 saturated heterocycles. The first-order valence-electron chi connectivity index (χ1n) is 8.08. The third kappa shape index (κ3) is 3.60. The normalized spacial score (nSPS) is 20.3. The zero-order valence-corrected chi connectivity index (χ0v) is 17.9. The summed E-state index contributed by atoms with van der Waals surface area (Å²) in [4.78, 5) is 7.23. The summed E-state index contributed by atoms with van der Waals surface area (Å²) in [5, 5.41) is 6.15. The number of hydrogen-bond donors (Lipinski definition) is 2. The smallest absolute Gasteiger partial charge is 0.131 e. The summed E-state index contributed by atoms with van der Waals surface area (Å²) in [6.07, 6.45) is 6.36. The number of allylic oxidation sites excluding steroid dienone is 1. The van der Waals surface area contributed by atoms with Gasteiger partial charge in [0.25, 0.3) is 0 Å². The van der Waals surface area contributed by atoms with E-state index in [0.717, 1.165) is 30.6 Å². The van der Waals surface area contributed by atoms with Gasteiger partial charge in [-0.3, -0.25) is 0 Å². The van der Waals surface area contributed by atoms with Crippen molar-refractivity contribution in [1.29, 1.82) is 0 Å². The van der Waals surface area contributed by atoms with Crippen LogP contribution >= 0.6 is 56.9 Å². The molecule has 0 spiro atoms. The topological polar surface area (TPSA) is 50.9 Å². The van der Waals surface area contributed by atoms with Gasteiger partial charge in [-0.25, -0.2) is 4.98 Å². The lowest BCUT2D eigenvalue weighted by Crippen LogP contribution is -2.29. The van der Waals surface area contributed by atoms with Gasteiger partial charge in [-0.1, -0.05) is 29.8 Å². The molecular formula is C18H17ClIN3S2. The maximum Gasteiger partial charge on any atom is 0.131 e. The molecule has 0 radical (unpaired) electrons. The van der Waals surface area contributed by atoms with Gasteiger partial charge in [0.05, 0.1) is 19.5 Å². The molecular weight excluding hydrogens is 485 g/mol. The van der Waals surface area contributed by atoms with Gasteiger partial charge in [0.1, 0.15) is 5.15 Å². The highest BCUT2D eigenvalue weighted by molar-refractivity contribution is 14.1. The minimum Gasteiger partial charge on any atom is -0.379 e. The van der Waals surface area contributed by atoms with E-state index in [1.54, 1.807) is 22.7 Å². The fourth-order valence-electron chi connectivity index (χ4n) is 3.13. The van der Waals surface area contributed by atoms with E-state index in [1.165, 1.54) is 18.0 Å². The van der Waals surface area contributed by atoms with Crippen molar-refractivity contribution in [2.45, 2.75) is 31.3 Å². The Balaban J connectivity index is 1.73. The van der Waals surface area contributed by atoms with Crippen LogP contribution in [0.5, 0.6) is 0 Å².